The molecule has 1 atom stereocenters. The molecule has 23 heavy (non-hydrogen) atoms. The second-order valence-electron chi connectivity index (χ2n) is 4.77. The molecule has 1 amide bonds. The van der Waals surface area contributed by atoms with Crippen LogP contribution in [0.3, 0.4) is 0 Å². The molecular weight excluding hydrogens is 306 g/mol. The minimum absolute atomic E-state index is 0.0753. The van der Waals surface area contributed by atoms with Crippen molar-refractivity contribution in [3.05, 3.63) is 17.7 Å². The van der Waals surface area contributed by atoms with Crippen LogP contribution in [-0.4, -0.2) is 45.2 Å². The largest absolute Gasteiger partial charge is 0.493 e. The average molecular weight is 323 g/mol. The van der Waals surface area contributed by atoms with Crippen molar-refractivity contribution in [3.63, 3.8) is 0 Å². The van der Waals surface area contributed by atoms with Gasteiger partial charge in [-0.2, -0.15) is 0 Å². The van der Waals surface area contributed by atoms with Gasteiger partial charge in [-0.3, -0.25) is 9.59 Å². The summed E-state index contributed by atoms with van der Waals surface area (Å²) in [5, 5.41) is 2.53. The van der Waals surface area contributed by atoms with Crippen molar-refractivity contribution in [1.82, 2.24) is 5.32 Å². The average Bonchev–Trinajstić information content (AvgIpc) is 2.55. The van der Waals surface area contributed by atoms with E-state index in [1.54, 1.807) is 0 Å². The highest BCUT2D eigenvalue weighted by Gasteiger charge is 2.31. The van der Waals surface area contributed by atoms with Crippen LogP contribution in [0, 0.1) is 0 Å². The molecule has 1 saturated heterocycles. The van der Waals surface area contributed by atoms with E-state index in [0.717, 1.165) is 0 Å². The van der Waals surface area contributed by atoms with Crippen LogP contribution in [-0.2, 0) is 14.3 Å². The smallest absolute Gasteiger partial charge is 0.336 e. The second kappa shape index (κ2) is 6.99. The maximum atomic E-state index is 12.3. The molecule has 0 aliphatic carbocycles. The molecule has 1 aromatic rings. The topological polar surface area (TPSA) is 100 Å². The fourth-order valence-corrected chi connectivity index (χ4v) is 2.20. The zero-order valence-electron chi connectivity index (χ0n) is 13.0. The Morgan fingerprint density at radius 1 is 1.13 bits per heavy atom. The molecule has 1 aliphatic heterocycles. The minimum atomic E-state index is -0.862. The van der Waals surface area contributed by atoms with E-state index in [9.17, 15) is 14.4 Å². The molecule has 0 unspecified atom stereocenters. The normalized spacial score (nSPS) is 17.3. The predicted molar refractivity (Wildman–Crippen MR) is 77.7 cm³/mol. The van der Waals surface area contributed by atoms with Crippen molar-refractivity contribution in [1.29, 1.82) is 0 Å². The van der Waals surface area contributed by atoms with Gasteiger partial charge in [0, 0.05) is 12.0 Å². The summed E-state index contributed by atoms with van der Waals surface area (Å²) in [6.45, 7) is 0. The number of cyclic esters (lactones) is 2. The summed E-state index contributed by atoms with van der Waals surface area (Å²) in [6, 6.07) is 2.07. The summed E-state index contributed by atoms with van der Waals surface area (Å²) in [6.07, 6.45) is 0.278. The van der Waals surface area contributed by atoms with E-state index in [1.807, 2.05) is 0 Å². The van der Waals surface area contributed by atoms with Gasteiger partial charge in [0.2, 0.25) is 5.75 Å². The Morgan fingerprint density at radius 3 is 2.22 bits per heavy atom. The lowest BCUT2D eigenvalue weighted by atomic mass is 10.1. The van der Waals surface area contributed by atoms with E-state index in [-0.39, 0.29) is 18.4 Å². The quantitative estimate of drug-likeness (QED) is 0.628. The van der Waals surface area contributed by atoms with E-state index in [0.29, 0.717) is 17.2 Å². The Labute approximate surface area is 132 Å². The number of amides is 1. The molecule has 8 nitrogen and oxygen atoms in total. The highest BCUT2D eigenvalue weighted by molar-refractivity contribution is 6.00. The van der Waals surface area contributed by atoms with Gasteiger partial charge in [-0.05, 0) is 18.6 Å². The number of carbonyl (C=O) groups excluding carboxylic acids is 3. The molecule has 1 aliphatic rings. The first-order chi connectivity index (χ1) is 11.0. The van der Waals surface area contributed by atoms with Crippen LogP contribution in [0.25, 0.3) is 0 Å². The number of nitrogens with one attached hydrogen (secondary N) is 1. The number of methoxy groups -OCH3 is 3. The summed E-state index contributed by atoms with van der Waals surface area (Å²) >= 11 is 0. The molecular formula is C15H17NO7. The minimum Gasteiger partial charge on any atom is -0.493 e. The zero-order valence-corrected chi connectivity index (χ0v) is 13.0. The van der Waals surface area contributed by atoms with E-state index >= 15 is 0 Å². The van der Waals surface area contributed by atoms with Gasteiger partial charge in [-0.1, -0.05) is 0 Å². The van der Waals surface area contributed by atoms with Gasteiger partial charge in [0.05, 0.1) is 21.3 Å². The molecule has 124 valence electrons. The number of rotatable bonds is 5. The van der Waals surface area contributed by atoms with Gasteiger partial charge >= 0.3 is 11.9 Å². The zero-order chi connectivity index (χ0) is 17.0. The van der Waals surface area contributed by atoms with Gasteiger partial charge in [0.25, 0.3) is 5.91 Å². The number of benzene rings is 1. The Kier molecular flexibility index (Phi) is 5.05. The molecule has 2 rings (SSSR count). The summed E-state index contributed by atoms with van der Waals surface area (Å²) in [5.74, 6) is -0.873. The van der Waals surface area contributed by atoms with Crippen LogP contribution >= 0.6 is 0 Å². The number of hydrogen-bond donors (Lipinski definition) is 1. The molecule has 1 fully saturated rings. The molecule has 0 bridgehead atoms. The number of carbonyl (C=O) groups is 3. The maximum Gasteiger partial charge on any atom is 0.336 e. The molecule has 1 aromatic carbocycles. The number of hydrogen-bond acceptors (Lipinski definition) is 7. The van der Waals surface area contributed by atoms with Crippen LogP contribution in [0.5, 0.6) is 17.2 Å². The predicted octanol–water partition coefficient (Wildman–Crippen LogP) is 0.674. The summed E-state index contributed by atoms with van der Waals surface area (Å²) in [4.78, 5) is 34.9. The van der Waals surface area contributed by atoms with Crippen LogP contribution in [0.15, 0.2) is 12.1 Å². The van der Waals surface area contributed by atoms with Crippen molar-refractivity contribution < 1.29 is 33.3 Å². The van der Waals surface area contributed by atoms with E-state index in [4.69, 9.17) is 14.2 Å². The van der Waals surface area contributed by atoms with Crippen LogP contribution in [0.1, 0.15) is 23.2 Å². The Morgan fingerprint density at radius 2 is 1.74 bits per heavy atom. The first kappa shape index (κ1) is 16.6. The lowest BCUT2D eigenvalue weighted by Crippen LogP contribution is -2.45. The van der Waals surface area contributed by atoms with Gasteiger partial charge in [0.15, 0.2) is 11.5 Å². The summed E-state index contributed by atoms with van der Waals surface area (Å²) in [5.41, 5.74) is 0.226. The van der Waals surface area contributed by atoms with Crippen molar-refractivity contribution in [2.45, 2.75) is 18.9 Å². The summed E-state index contributed by atoms with van der Waals surface area (Å²) < 4.78 is 20.0. The fraction of sp³-hybridized carbons (Fsp3) is 0.400. The Balaban J connectivity index is 2.22. The van der Waals surface area contributed by atoms with Gasteiger partial charge in [-0.15, -0.1) is 0 Å². The third kappa shape index (κ3) is 3.53. The molecule has 0 aromatic heterocycles. The fourth-order valence-electron chi connectivity index (χ4n) is 2.20. The van der Waals surface area contributed by atoms with E-state index < -0.39 is 23.9 Å². The molecule has 8 heteroatoms. The SMILES string of the molecule is COc1cc(C(=O)N[C@H]2CCC(=O)OC2=O)cc(OC)c1OC. The van der Waals surface area contributed by atoms with Crippen molar-refractivity contribution in [2.24, 2.45) is 0 Å². The Hall–Kier alpha value is -2.77. The van der Waals surface area contributed by atoms with Crippen molar-refractivity contribution >= 4 is 17.8 Å². The second-order valence-corrected chi connectivity index (χ2v) is 4.77. The molecule has 0 radical (unpaired) electrons. The van der Waals surface area contributed by atoms with E-state index in [2.05, 4.69) is 10.1 Å². The standard InChI is InChI=1S/C15H17NO7/c1-20-10-6-8(7-11(21-2)13(10)22-3)14(18)16-9-4-5-12(17)23-15(9)19/h6-7,9H,4-5H2,1-3H3,(H,16,18)/t9-/m0/s1. The van der Waals surface area contributed by atoms with E-state index in [1.165, 1.54) is 33.5 Å². The lowest BCUT2D eigenvalue weighted by molar-refractivity contribution is -0.165. The van der Waals surface area contributed by atoms with Crippen molar-refractivity contribution in [2.75, 3.05) is 21.3 Å². The van der Waals surface area contributed by atoms with Crippen molar-refractivity contribution in [3.8, 4) is 17.2 Å². The third-order valence-electron chi connectivity index (χ3n) is 3.37. The lowest BCUT2D eigenvalue weighted by Gasteiger charge is -2.21. The molecule has 1 N–H and O–H groups in total. The number of ether oxygens (including phenoxy) is 4. The van der Waals surface area contributed by atoms with Gasteiger partial charge < -0.3 is 24.3 Å². The first-order valence-electron chi connectivity index (χ1n) is 6.85. The van der Waals surface area contributed by atoms with Crippen LogP contribution < -0.4 is 19.5 Å². The molecule has 0 saturated carbocycles. The van der Waals surface area contributed by atoms with Crippen LogP contribution in [0.4, 0.5) is 0 Å². The van der Waals surface area contributed by atoms with Gasteiger partial charge in [0.1, 0.15) is 6.04 Å². The van der Waals surface area contributed by atoms with Crippen LogP contribution in [0.2, 0.25) is 0 Å². The summed E-state index contributed by atoms with van der Waals surface area (Å²) in [7, 11) is 4.32. The Bertz CT molecular complexity index is 616. The highest BCUT2D eigenvalue weighted by Crippen LogP contribution is 2.38. The first-order valence-corrected chi connectivity index (χ1v) is 6.85. The van der Waals surface area contributed by atoms with Gasteiger partial charge in [-0.25, -0.2) is 4.79 Å². The third-order valence-corrected chi connectivity index (χ3v) is 3.37. The maximum absolute atomic E-state index is 12.3. The molecule has 1 heterocycles. The highest BCUT2D eigenvalue weighted by atomic mass is 16.6. The molecule has 0 spiro atoms. The monoisotopic (exact) mass is 323 g/mol. The number of esters is 2.